The smallest absolute Gasteiger partial charge is 0.462 e. The number of aliphatic hydroxyl groups excluding tert-OH is 1. The molecule has 3 N–H and O–H groups in total. The number of rotatable bonds is 80. The Balaban J connectivity index is 5.15. The Morgan fingerprint density at radius 2 is 0.465 bits per heavy atom. The summed E-state index contributed by atoms with van der Waals surface area (Å²) in [5.41, 5.74) is 0. The average molecular weight is 1450 g/mol. The largest absolute Gasteiger partial charge is 0.472 e. The van der Waals surface area contributed by atoms with Crippen LogP contribution in [0.4, 0.5) is 0 Å². The van der Waals surface area contributed by atoms with Crippen LogP contribution in [0.2, 0.25) is 0 Å². The van der Waals surface area contributed by atoms with Crippen molar-refractivity contribution >= 4 is 39.5 Å². The lowest BCUT2D eigenvalue weighted by Crippen LogP contribution is -2.30. The highest BCUT2D eigenvalue weighted by Crippen LogP contribution is 2.45. The van der Waals surface area contributed by atoms with Gasteiger partial charge in [-0.25, -0.2) is 9.13 Å². The highest BCUT2D eigenvalue weighted by Gasteiger charge is 2.30. The first-order valence-electron chi connectivity index (χ1n) is 41.6. The molecule has 0 aromatic rings. The minimum atomic E-state index is -4.96. The molecule has 0 saturated carbocycles. The van der Waals surface area contributed by atoms with E-state index in [1.807, 2.05) is 0 Å². The summed E-state index contributed by atoms with van der Waals surface area (Å²) in [5.74, 6) is -1.42. The van der Waals surface area contributed by atoms with Crippen molar-refractivity contribution in [2.45, 2.75) is 445 Å². The van der Waals surface area contributed by atoms with Crippen molar-refractivity contribution in [2.24, 2.45) is 5.92 Å². The van der Waals surface area contributed by atoms with Crippen molar-refractivity contribution in [2.75, 3.05) is 39.6 Å². The third-order valence-electron chi connectivity index (χ3n) is 18.8. The minimum absolute atomic E-state index is 0.104. The van der Waals surface area contributed by atoms with E-state index >= 15 is 0 Å². The predicted molar refractivity (Wildman–Crippen MR) is 405 cm³/mol. The summed E-state index contributed by atoms with van der Waals surface area (Å²) < 4.78 is 68.5. The molecular weight excluding hydrogens is 1290 g/mol. The molecular formula is C80H156O17P2. The normalized spacial score (nSPS) is 13.9. The van der Waals surface area contributed by atoms with Gasteiger partial charge in [-0.3, -0.25) is 37.3 Å². The second-order valence-corrected chi connectivity index (χ2v) is 32.2. The molecule has 0 aliphatic heterocycles. The molecule has 0 bridgehead atoms. The van der Waals surface area contributed by atoms with Gasteiger partial charge in [0.2, 0.25) is 0 Å². The lowest BCUT2D eigenvalue weighted by atomic mass is 10.0. The van der Waals surface area contributed by atoms with Crippen molar-refractivity contribution in [3.63, 3.8) is 0 Å². The molecule has 19 heteroatoms. The average Bonchev–Trinajstić information content (AvgIpc) is 1.52. The van der Waals surface area contributed by atoms with Crippen LogP contribution in [-0.4, -0.2) is 96.7 Å². The molecule has 5 atom stereocenters. The number of carbonyl (C=O) groups is 4. The fourth-order valence-corrected chi connectivity index (χ4v) is 14.0. The number of aliphatic hydroxyl groups is 1. The van der Waals surface area contributed by atoms with Crippen molar-refractivity contribution in [3.05, 3.63) is 0 Å². The number of esters is 4. The Bertz CT molecular complexity index is 1890. The van der Waals surface area contributed by atoms with Gasteiger partial charge in [-0.05, 0) is 31.6 Å². The number of ether oxygens (including phenoxy) is 4. The van der Waals surface area contributed by atoms with Gasteiger partial charge in [-0.15, -0.1) is 0 Å². The van der Waals surface area contributed by atoms with E-state index in [9.17, 15) is 43.2 Å². The molecule has 0 aliphatic rings. The summed E-state index contributed by atoms with van der Waals surface area (Å²) in [4.78, 5) is 72.8. The van der Waals surface area contributed by atoms with Crippen molar-refractivity contribution in [3.8, 4) is 0 Å². The number of phosphoric ester groups is 2. The Kier molecular flexibility index (Phi) is 71.6. The molecule has 588 valence electrons. The zero-order valence-corrected chi connectivity index (χ0v) is 66.4. The zero-order valence-electron chi connectivity index (χ0n) is 64.6. The Morgan fingerprint density at radius 1 is 0.273 bits per heavy atom. The highest BCUT2D eigenvalue weighted by molar-refractivity contribution is 7.47. The maximum absolute atomic E-state index is 13.1. The molecule has 0 fully saturated rings. The van der Waals surface area contributed by atoms with Crippen LogP contribution in [0.25, 0.3) is 0 Å². The molecule has 0 amide bonds. The molecule has 0 saturated heterocycles. The molecule has 2 unspecified atom stereocenters. The summed E-state index contributed by atoms with van der Waals surface area (Å²) in [6.07, 6.45) is 64.3. The minimum Gasteiger partial charge on any atom is -0.462 e. The maximum atomic E-state index is 13.1. The van der Waals surface area contributed by atoms with Crippen molar-refractivity contribution in [1.82, 2.24) is 0 Å². The summed E-state index contributed by atoms with van der Waals surface area (Å²) in [6, 6.07) is 0. The number of unbranched alkanes of at least 4 members (excludes halogenated alkanes) is 52. The van der Waals surface area contributed by atoms with E-state index in [0.29, 0.717) is 31.6 Å². The standard InChI is InChI=1S/C80H156O17P2/c1-6-9-12-15-18-21-23-25-27-29-31-32-33-35-37-39-41-43-45-50-55-60-65-79(84)96-75(70-91-78(83)64-59-54-49-44-42-40-38-36-34-30-28-26-24-22-19-16-13-10-7-2)71-94-98(86,87)92-67-74(81)68-93-99(88,89)95-72-76(69-90-77(82)63-58-53-48-20-17-14-11-8-3)97-80(85)66-61-56-51-46-47-52-57-62-73(4)5/h73-76,81H,6-72H2,1-5H3,(H,86,87)(H,88,89)/t74-,75-,76-/m1/s1. The first kappa shape index (κ1) is 97.1. The predicted octanol–water partition coefficient (Wildman–Crippen LogP) is 24.0. The van der Waals surface area contributed by atoms with Gasteiger partial charge in [-0.1, -0.05) is 375 Å². The van der Waals surface area contributed by atoms with Crippen molar-refractivity contribution < 1.29 is 80.2 Å². The Hall–Kier alpha value is -1.94. The molecule has 17 nitrogen and oxygen atoms in total. The van der Waals surface area contributed by atoms with E-state index in [1.165, 1.54) is 244 Å². The van der Waals surface area contributed by atoms with E-state index in [0.717, 1.165) is 96.3 Å². The van der Waals surface area contributed by atoms with Crippen LogP contribution >= 0.6 is 15.6 Å². The van der Waals surface area contributed by atoms with Crippen molar-refractivity contribution in [1.29, 1.82) is 0 Å². The fourth-order valence-electron chi connectivity index (χ4n) is 12.4. The maximum Gasteiger partial charge on any atom is 0.472 e. The third-order valence-corrected chi connectivity index (χ3v) is 20.7. The third kappa shape index (κ3) is 74.1. The second kappa shape index (κ2) is 73.0. The SMILES string of the molecule is CCCCCCCCCCCCCCCCCCCCCCCCC(=O)O[C@H](COC(=O)CCCCCCCCCCCCCCCCCCCCC)COP(=O)(O)OC[C@@H](O)COP(=O)(O)OC[C@@H](COC(=O)CCCCCCCCCC)OC(=O)CCCCCCCCCC(C)C. The first-order valence-corrected chi connectivity index (χ1v) is 44.6. The summed E-state index contributed by atoms with van der Waals surface area (Å²) in [6.45, 7) is 7.22. The zero-order chi connectivity index (χ0) is 72.7. The molecule has 0 rings (SSSR count). The number of phosphoric acid groups is 2. The Labute approximate surface area is 607 Å². The van der Waals surface area contributed by atoms with E-state index in [1.54, 1.807) is 0 Å². The number of hydrogen-bond acceptors (Lipinski definition) is 15. The lowest BCUT2D eigenvalue weighted by Gasteiger charge is -2.21. The topological polar surface area (TPSA) is 237 Å². The van der Waals surface area contributed by atoms with Gasteiger partial charge in [0.1, 0.15) is 19.3 Å². The molecule has 0 aromatic heterocycles. The summed E-state index contributed by atoms with van der Waals surface area (Å²) in [7, 11) is -9.91. The van der Waals surface area contributed by atoms with Gasteiger partial charge in [0.05, 0.1) is 26.4 Å². The molecule has 0 heterocycles. The van der Waals surface area contributed by atoms with E-state index in [4.69, 9.17) is 37.0 Å². The second-order valence-electron chi connectivity index (χ2n) is 29.3. The molecule has 0 aliphatic carbocycles. The highest BCUT2D eigenvalue weighted by atomic mass is 31.2. The monoisotopic (exact) mass is 1450 g/mol. The van der Waals surface area contributed by atoms with Gasteiger partial charge in [0.25, 0.3) is 0 Å². The van der Waals surface area contributed by atoms with Crippen LogP contribution in [0.5, 0.6) is 0 Å². The van der Waals surface area contributed by atoms with Crippen LogP contribution in [0, 0.1) is 5.92 Å². The van der Waals surface area contributed by atoms with E-state index < -0.39 is 97.5 Å². The quantitative estimate of drug-likeness (QED) is 0.0222. The van der Waals surface area contributed by atoms with Crippen LogP contribution in [0.15, 0.2) is 0 Å². The number of carbonyl (C=O) groups excluding carboxylic acids is 4. The van der Waals surface area contributed by atoms with E-state index in [-0.39, 0.29) is 25.7 Å². The van der Waals surface area contributed by atoms with Gasteiger partial charge < -0.3 is 33.8 Å². The van der Waals surface area contributed by atoms with Crippen LogP contribution in [0.1, 0.15) is 426 Å². The fraction of sp³-hybridized carbons (Fsp3) is 0.950. The van der Waals surface area contributed by atoms with Gasteiger partial charge >= 0.3 is 39.5 Å². The molecule has 0 spiro atoms. The molecule has 99 heavy (non-hydrogen) atoms. The first-order chi connectivity index (χ1) is 48.0. The van der Waals surface area contributed by atoms with Crippen LogP contribution in [0.3, 0.4) is 0 Å². The van der Waals surface area contributed by atoms with Gasteiger partial charge in [0.15, 0.2) is 12.2 Å². The van der Waals surface area contributed by atoms with Crippen LogP contribution < -0.4 is 0 Å². The number of hydrogen-bond donors (Lipinski definition) is 3. The van der Waals surface area contributed by atoms with Gasteiger partial charge in [0, 0.05) is 25.7 Å². The molecule has 0 radical (unpaired) electrons. The van der Waals surface area contributed by atoms with Crippen LogP contribution in [-0.2, 0) is 65.4 Å². The summed E-state index contributed by atoms with van der Waals surface area (Å²) >= 11 is 0. The summed E-state index contributed by atoms with van der Waals surface area (Å²) in [5, 5.41) is 10.6. The Morgan fingerprint density at radius 3 is 0.687 bits per heavy atom. The molecule has 0 aromatic carbocycles. The van der Waals surface area contributed by atoms with Gasteiger partial charge in [-0.2, -0.15) is 0 Å². The lowest BCUT2D eigenvalue weighted by molar-refractivity contribution is -0.161. The van der Waals surface area contributed by atoms with E-state index in [2.05, 4.69) is 34.6 Å².